The topological polar surface area (TPSA) is 45.2 Å². The van der Waals surface area contributed by atoms with Crippen molar-refractivity contribution in [2.45, 2.75) is 13.0 Å². The molecule has 25 heavy (non-hydrogen) atoms. The molecule has 1 amide bonds. The van der Waals surface area contributed by atoms with Gasteiger partial charge in [-0.2, -0.15) is 0 Å². The summed E-state index contributed by atoms with van der Waals surface area (Å²) in [6, 6.07) is 17.5. The van der Waals surface area contributed by atoms with E-state index in [1.54, 1.807) is 11.3 Å². The Kier molecular flexibility index (Phi) is 5.14. The first-order valence-electron chi connectivity index (χ1n) is 8.13. The van der Waals surface area contributed by atoms with Crippen molar-refractivity contribution in [3.05, 3.63) is 70.5 Å². The number of thiazole rings is 1. The Hall–Kier alpha value is -2.66. The first kappa shape index (κ1) is 17.2. The van der Waals surface area contributed by atoms with Crippen molar-refractivity contribution < 1.29 is 4.79 Å². The van der Waals surface area contributed by atoms with Gasteiger partial charge in [0.1, 0.15) is 5.01 Å². The lowest BCUT2D eigenvalue weighted by Crippen LogP contribution is -2.26. The number of carbonyl (C=O) groups is 1. The molecule has 0 saturated heterocycles. The highest BCUT2D eigenvalue weighted by atomic mass is 32.1. The van der Waals surface area contributed by atoms with Gasteiger partial charge in [0.15, 0.2) is 0 Å². The van der Waals surface area contributed by atoms with Crippen LogP contribution in [0.25, 0.3) is 11.3 Å². The second kappa shape index (κ2) is 7.49. The SMILES string of the molecule is CC(NC(=O)c1ccc(N(C)C)cc1)c1nc(-c2ccccc2)cs1. The Labute approximate surface area is 152 Å². The number of aromatic nitrogens is 1. The maximum atomic E-state index is 12.4. The Balaban J connectivity index is 1.68. The van der Waals surface area contributed by atoms with E-state index in [0.717, 1.165) is 22.0 Å². The third-order valence-corrected chi connectivity index (χ3v) is 4.98. The predicted octanol–water partition coefficient (Wildman–Crippen LogP) is 4.37. The van der Waals surface area contributed by atoms with Crippen LogP contribution in [-0.4, -0.2) is 25.0 Å². The van der Waals surface area contributed by atoms with Gasteiger partial charge in [-0.25, -0.2) is 4.98 Å². The van der Waals surface area contributed by atoms with Gasteiger partial charge >= 0.3 is 0 Å². The molecule has 1 atom stereocenters. The van der Waals surface area contributed by atoms with Crippen LogP contribution in [0.3, 0.4) is 0 Å². The molecule has 1 aromatic heterocycles. The lowest BCUT2D eigenvalue weighted by atomic mass is 10.1. The third-order valence-electron chi connectivity index (χ3n) is 3.96. The van der Waals surface area contributed by atoms with Gasteiger partial charge in [0.2, 0.25) is 0 Å². The van der Waals surface area contributed by atoms with E-state index in [2.05, 4.69) is 10.3 Å². The fourth-order valence-corrected chi connectivity index (χ4v) is 3.32. The van der Waals surface area contributed by atoms with Gasteiger partial charge in [0, 0.05) is 36.3 Å². The van der Waals surface area contributed by atoms with E-state index < -0.39 is 0 Å². The number of amides is 1. The summed E-state index contributed by atoms with van der Waals surface area (Å²) in [5, 5.41) is 5.95. The largest absolute Gasteiger partial charge is 0.378 e. The van der Waals surface area contributed by atoms with Crippen molar-refractivity contribution in [3.8, 4) is 11.3 Å². The molecule has 0 spiro atoms. The summed E-state index contributed by atoms with van der Waals surface area (Å²) in [7, 11) is 3.95. The number of hydrogen-bond donors (Lipinski definition) is 1. The zero-order chi connectivity index (χ0) is 17.8. The molecule has 3 aromatic rings. The Bertz CT molecular complexity index is 841. The first-order valence-corrected chi connectivity index (χ1v) is 9.01. The molecular formula is C20H21N3OS. The molecule has 0 aliphatic heterocycles. The molecule has 0 bridgehead atoms. The van der Waals surface area contributed by atoms with Crippen LogP contribution in [0.2, 0.25) is 0 Å². The lowest BCUT2D eigenvalue weighted by molar-refractivity contribution is 0.0940. The minimum atomic E-state index is -0.136. The zero-order valence-corrected chi connectivity index (χ0v) is 15.4. The molecule has 1 unspecified atom stereocenters. The van der Waals surface area contributed by atoms with Crippen LogP contribution >= 0.6 is 11.3 Å². The number of hydrogen-bond acceptors (Lipinski definition) is 4. The Morgan fingerprint density at radius 3 is 2.40 bits per heavy atom. The number of carbonyl (C=O) groups excluding carboxylic acids is 1. The summed E-state index contributed by atoms with van der Waals surface area (Å²) >= 11 is 1.56. The molecule has 0 saturated carbocycles. The lowest BCUT2D eigenvalue weighted by Gasteiger charge is -2.14. The summed E-state index contributed by atoms with van der Waals surface area (Å²) in [6.45, 7) is 1.96. The van der Waals surface area contributed by atoms with E-state index in [-0.39, 0.29) is 11.9 Å². The van der Waals surface area contributed by atoms with E-state index in [1.165, 1.54) is 0 Å². The standard InChI is InChI=1S/C20H21N3OS/c1-14(20-22-18(13-25-20)15-7-5-4-6-8-15)21-19(24)16-9-11-17(12-10-16)23(2)3/h4-14H,1-3H3,(H,21,24). The van der Waals surface area contributed by atoms with Crippen LogP contribution < -0.4 is 10.2 Å². The molecule has 0 aliphatic rings. The molecule has 4 nitrogen and oxygen atoms in total. The van der Waals surface area contributed by atoms with Crippen molar-refractivity contribution in [2.24, 2.45) is 0 Å². The summed E-state index contributed by atoms with van der Waals surface area (Å²) in [6.07, 6.45) is 0. The van der Waals surface area contributed by atoms with Crippen LogP contribution in [0.4, 0.5) is 5.69 Å². The Morgan fingerprint density at radius 1 is 1.08 bits per heavy atom. The maximum Gasteiger partial charge on any atom is 0.251 e. The van der Waals surface area contributed by atoms with Gasteiger partial charge in [-0.15, -0.1) is 11.3 Å². The smallest absolute Gasteiger partial charge is 0.251 e. The van der Waals surface area contributed by atoms with Crippen molar-refractivity contribution in [1.29, 1.82) is 0 Å². The Morgan fingerprint density at radius 2 is 1.76 bits per heavy atom. The molecule has 0 radical (unpaired) electrons. The van der Waals surface area contributed by atoms with Crippen molar-refractivity contribution in [2.75, 3.05) is 19.0 Å². The summed E-state index contributed by atoms with van der Waals surface area (Å²) < 4.78 is 0. The summed E-state index contributed by atoms with van der Waals surface area (Å²) in [5.41, 5.74) is 3.74. The van der Waals surface area contributed by atoms with E-state index in [4.69, 9.17) is 0 Å². The molecule has 0 fully saturated rings. The second-order valence-electron chi connectivity index (χ2n) is 6.07. The van der Waals surface area contributed by atoms with E-state index in [1.807, 2.05) is 85.9 Å². The summed E-state index contributed by atoms with van der Waals surface area (Å²) in [5.74, 6) is -0.0886. The number of nitrogens with one attached hydrogen (secondary N) is 1. The highest BCUT2D eigenvalue weighted by Gasteiger charge is 2.15. The van der Waals surface area contributed by atoms with Crippen molar-refractivity contribution in [1.82, 2.24) is 10.3 Å². The van der Waals surface area contributed by atoms with Crippen LogP contribution in [0, 0.1) is 0 Å². The minimum Gasteiger partial charge on any atom is -0.378 e. The summed E-state index contributed by atoms with van der Waals surface area (Å²) in [4.78, 5) is 19.1. The quantitative estimate of drug-likeness (QED) is 0.742. The van der Waals surface area contributed by atoms with Gasteiger partial charge in [0.05, 0.1) is 11.7 Å². The molecule has 5 heteroatoms. The molecule has 1 heterocycles. The average molecular weight is 351 g/mol. The van der Waals surface area contributed by atoms with Crippen LogP contribution in [-0.2, 0) is 0 Å². The zero-order valence-electron chi connectivity index (χ0n) is 14.6. The fraction of sp³-hybridized carbons (Fsp3) is 0.200. The highest BCUT2D eigenvalue weighted by molar-refractivity contribution is 7.10. The van der Waals surface area contributed by atoms with Gasteiger partial charge in [0.25, 0.3) is 5.91 Å². The fourth-order valence-electron chi connectivity index (χ4n) is 2.48. The number of rotatable bonds is 5. The number of nitrogens with zero attached hydrogens (tertiary/aromatic N) is 2. The van der Waals surface area contributed by atoms with E-state index in [9.17, 15) is 4.79 Å². The number of anilines is 1. The van der Waals surface area contributed by atoms with Crippen molar-refractivity contribution in [3.63, 3.8) is 0 Å². The van der Waals surface area contributed by atoms with Crippen LogP contribution in [0.1, 0.15) is 28.3 Å². The monoisotopic (exact) mass is 351 g/mol. The minimum absolute atomic E-state index is 0.0886. The first-order chi connectivity index (χ1) is 12.0. The van der Waals surface area contributed by atoms with E-state index in [0.29, 0.717) is 5.56 Å². The van der Waals surface area contributed by atoms with Crippen LogP contribution in [0.15, 0.2) is 60.0 Å². The average Bonchev–Trinajstić information content (AvgIpc) is 3.13. The molecule has 128 valence electrons. The second-order valence-corrected chi connectivity index (χ2v) is 6.96. The predicted molar refractivity (Wildman–Crippen MR) is 104 cm³/mol. The third kappa shape index (κ3) is 4.06. The van der Waals surface area contributed by atoms with E-state index >= 15 is 0 Å². The molecular weight excluding hydrogens is 330 g/mol. The van der Waals surface area contributed by atoms with Crippen LogP contribution in [0.5, 0.6) is 0 Å². The molecule has 1 N–H and O–H groups in total. The maximum absolute atomic E-state index is 12.4. The van der Waals surface area contributed by atoms with Gasteiger partial charge in [-0.1, -0.05) is 30.3 Å². The number of benzene rings is 2. The van der Waals surface area contributed by atoms with Gasteiger partial charge in [-0.3, -0.25) is 4.79 Å². The molecule has 3 rings (SSSR count). The van der Waals surface area contributed by atoms with Gasteiger partial charge in [-0.05, 0) is 31.2 Å². The normalized spacial score (nSPS) is 11.8. The molecule has 0 aliphatic carbocycles. The van der Waals surface area contributed by atoms with Gasteiger partial charge < -0.3 is 10.2 Å². The molecule has 2 aromatic carbocycles. The highest BCUT2D eigenvalue weighted by Crippen LogP contribution is 2.25. The van der Waals surface area contributed by atoms with Crippen molar-refractivity contribution >= 4 is 22.9 Å².